The Hall–Kier alpha value is -3.52. The van der Waals surface area contributed by atoms with E-state index in [0.717, 1.165) is 16.3 Å². The van der Waals surface area contributed by atoms with Gasteiger partial charge < -0.3 is 37.5 Å². The first-order chi connectivity index (χ1) is 16.6. The van der Waals surface area contributed by atoms with E-state index in [1.165, 1.54) is 25.4 Å². The maximum absolute atomic E-state index is 13.0. The molecular formula is C17H27N9O8S2. The minimum Gasteiger partial charge on any atom is -0.478 e. The number of carboxylic acid groups (broad SMARTS) is 1. The summed E-state index contributed by atoms with van der Waals surface area (Å²) in [6.07, 6.45) is 1.53. The summed E-state index contributed by atoms with van der Waals surface area (Å²) in [6.45, 7) is 2.20. The molecule has 11 N–H and O–H groups in total. The Kier molecular flexibility index (Phi) is 8.80. The molecule has 0 aromatic carbocycles. The van der Waals surface area contributed by atoms with Crippen molar-refractivity contribution in [1.82, 2.24) is 19.6 Å². The standard InChI is InChI=1S/C17H27N9O8S2/c1-17(2,15(29)30)34-24-11(9-7-35-16(20)22-9)13(27)23-12-10(26(14(12)28)36(31,32)33)6-25(21)5-8(19)3-4-18/h5,7,10,12H,3-4,6,18-19,21H2,1-2H3,(H2,20,22)(H,23,27)(H,29,30)(H,31,32,33)/b8-5-,24-11-. The minimum atomic E-state index is -4.99. The lowest BCUT2D eigenvalue weighted by atomic mass is 9.98. The zero-order valence-corrected chi connectivity index (χ0v) is 20.8. The van der Waals surface area contributed by atoms with Crippen LogP contribution >= 0.6 is 11.3 Å². The Bertz CT molecular complexity index is 1180. The average Bonchev–Trinajstić information content (AvgIpc) is 3.16. The Balaban J connectivity index is 2.34. The van der Waals surface area contributed by atoms with Crippen LogP contribution < -0.4 is 28.4 Å². The molecule has 1 aliphatic heterocycles. The van der Waals surface area contributed by atoms with Crippen LogP contribution in [0.4, 0.5) is 5.13 Å². The molecule has 2 rings (SSSR count). The smallest absolute Gasteiger partial charge is 0.362 e. The lowest BCUT2D eigenvalue weighted by Crippen LogP contribution is -2.74. The van der Waals surface area contributed by atoms with Gasteiger partial charge in [-0.15, -0.1) is 11.3 Å². The van der Waals surface area contributed by atoms with Crippen molar-refractivity contribution in [3.63, 3.8) is 0 Å². The summed E-state index contributed by atoms with van der Waals surface area (Å²) in [6, 6.07) is -2.83. The van der Waals surface area contributed by atoms with Gasteiger partial charge in [-0.3, -0.25) is 14.1 Å². The van der Waals surface area contributed by atoms with E-state index in [1.54, 1.807) is 0 Å². The fourth-order valence-electron chi connectivity index (χ4n) is 2.86. The third kappa shape index (κ3) is 6.79. The monoisotopic (exact) mass is 549 g/mol. The van der Waals surface area contributed by atoms with Gasteiger partial charge in [-0.25, -0.2) is 19.9 Å². The average molecular weight is 550 g/mol. The van der Waals surface area contributed by atoms with Crippen LogP contribution in [-0.2, 0) is 29.5 Å². The second-order valence-electron chi connectivity index (χ2n) is 7.99. The van der Waals surface area contributed by atoms with Crippen molar-refractivity contribution in [2.75, 3.05) is 18.8 Å². The number of carbonyl (C=O) groups is 3. The molecule has 36 heavy (non-hydrogen) atoms. The SMILES string of the molecule is CC(C)(O/N=C(\C(=O)NC1C(=O)N(S(=O)(=O)O)C1CN(N)/C=C(\N)CCN)c1csc(N)n1)C(=O)O. The number of amides is 2. The van der Waals surface area contributed by atoms with E-state index >= 15 is 0 Å². The summed E-state index contributed by atoms with van der Waals surface area (Å²) in [7, 11) is -4.99. The van der Waals surface area contributed by atoms with Crippen molar-refractivity contribution in [3.05, 3.63) is 23.0 Å². The number of thiazole rings is 1. The van der Waals surface area contributed by atoms with Gasteiger partial charge in [0.25, 0.3) is 11.8 Å². The predicted octanol–water partition coefficient (Wildman–Crippen LogP) is -2.87. The maximum Gasteiger partial charge on any atom is 0.362 e. The summed E-state index contributed by atoms with van der Waals surface area (Å²) in [4.78, 5) is 45.7. The molecule has 2 amide bonds. The lowest BCUT2D eigenvalue weighted by Gasteiger charge is -2.45. The first-order valence-corrected chi connectivity index (χ1v) is 12.4. The number of oxime groups is 1. The minimum absolute atomic E-state index is 0.0544. The van der Waals surface area contributed by atoms with Crippen LogP contribution in [0.5, 0.6) is 0 Å². The summed E-state index contributed by atoms with van der Waals surface area (Å²) >= 11 is 0.947. The maximum atomic E-state index is 13.0. The normalized spacial score (nSPS) is 19.0. The van der Waals surface area contributed by atoms with Crippen LogP contribution in [0.25, 0.3) is 0 Å². The quantitative estimate of drug-likeness (QED) is 0.0453. The van der Waals surface area contributed by atoms with E-state index in [2.05, 4.69) is 15.5 Å². The fourth-order valence-corrected chi connectivity index (χ4v) is 4.28. The number of carbonyl (C=O) groups excluding carboxylic acids is 2. The van der Waals surface area contributed by atoms with Gasteiger partial charge in [0.1, 0.15) is 11.7 Å². The Morgan fingerprint density at radius 1 is 1.44 bits per heavy atom. The van der Waals surface area contributed by atoms with E-state index < -0.39 is 51.5 Å². The number of anilines is 1. The third-order valence-corrected chi connectivity index (χ3v) is 6.35. The fraction of sp³-hybridized carbons (Fsp3) is 0.471. The van der Waals surface area contributed by atoms with Crippen molar-refractivity contribution in [1.29, 1.82) is 0 Å². The van der Waals surface area contributed by atoms with E-state index in [-0.39, 0.29) is 40.3 Å². The molecule has 17 nitrogen and oxygen atoms in total. The highest BCUT2D eigenvalue weighted by Crippen LogP contribution is 2.25. The number of hydrogen-bond acceptors (Lipinski definition) is 14. The van der Waals surface area contributed by atoms with Gasteiger partial charge in [0.05, 0.1) is 12.6 Å². The Morgan fingerprint density at radius 3 is 2.58 bits per heavy atom. The number of aromatic nitrogens is 1. The lowest BCUT2D eigenvalue weighted by molar-refractivity contribution is -0.161. The number of nitrogens with one attached hydrogen (secondary N) is 1. The van der Waals surface area contributed by atoms with Crippen molar-refractivity contribution in [2.24, 2.45) is 22.5 Å². The van der Waals surface area contributed by atoms with Gasteiger partial charge in [0.15, 0.2) is 10.8 Å². The van der Waals surface area contributed by atoms with Crippen LogP contribution in [0.2, 0.25) is 0 Å². The van der Waals surface area contributed by atoms with E-state index in [0.29, 0.717) is 0 Å². The van der Waals surface area contributed by atoms with Gasteiger partial charge in [0.2, 0.25) is 5.60 Å². The second kappa shape index (κ2) is 11.0. The number of β-lactam (4-membered cyclic amide) rings is 1. The van der Waals surface area contributed by atoms with Crippen molar-refractivity contribution < 1.29 is 37.3 Å². The van der Waals surface area contributed by atoms with Crippen LogP contribution in [0.1, 0.15) is 26.0 Å². The van der Waals surface area contributed by atoms with Gasteiger partial charge in [0, 0.05) is 23.7 Å². The molecule has 0 aliphatic carbocycles. The Labute approximate surface area is 209 Å². The van der Waals surface area contributed by atoms with Gasteiger partial charge >= 0.3 is 16.3 Å². The third-order valence-electron chi connectivity index (χ3n) is 4.73. The topological polar surface area (TPSA) is 283 Å². The van der Waals surface area contributed by atoms with Crippen LogP contribution in [-0.4, -0.2) is 86.6 Å². The molecule has 2 heterocycles. The number of rotatable bonds is 12. The van der Waals surface area contributed by atoms with Crippen LogP contribution in [0, 0.1) is 0 Å². The number of aliphatic carboxylic acids is 1. The number of nitrogen functional groups attached to an aromatic ring is 1. The van der Waals surface area contributed by atoms with E-state index in [1.807, 2.05) is 0 Å². The summed E-state index contributed by atoms with van der Waals surface area (Å²) in [5.41, 5.74) is 14.5. The first-order valence-electron chi connectivity index (χ1n) is 10.1. The highest BCUT2D eigenvalue weighted by molar-refractivity contribution is 7.84. The molecule has 1 aliphatic rings. The molecule has 0 bridgehead atoms. The summed E-state index contributed by atoms with van der Waals surface area (Å²) < 4.78 is 33.0. The van der Waals surface area contributed by atoms with Gasteiger partial charge in [-0.05, 0) is 20.4 Å². The number of nitrogens with zero attached hydrogens (tertiary/aromatic N) is 4. The molecule has 0 saturated carbocycles. The second-order valence-corrected chi connectivity index (χ2v) is 10.2. The molecule has 1 saturated heterocycles. The van der Waals surface area contributed by atoms with Crippen LogP contribution in [0.3, 0.4) is 0 Å². The van der Waals surface area contributed by atoms with Gasteiger partial charge in [-0.1, -0.05) is 5.16 Å². The van der Waals surface area contributed by atoms with Crippen molar-refractivity contribution in [2.45, 2.75) is 38.0 Å². The molecular weight excluding hydrogens is 522 g/mol. The highest BCUT2D eigenvalue weighted by Gasteiger charge is 2.54. The largest absolute Gasteiger partial charge is 0.478 e. The predicted molar refractivity (Wildman–Crippen MR) is 127 cm³/mol. The van der Waals surface area contributed by atoms with Gasteiger partial charge in [-0.2, -0.15) is 8.42 Å². The van der Waals surface area contributed by atoms with E-state index in [9.17, 15) is 32.5 Å². The zero-order chi connectivity index (χ0) is 27.4. The molecule has 0 radical (unpaired) electrons. The molecule has 2 atom stereocenters. The number of hydrogen-bond donors (Lipinski definition) is 7. The molecule has 0 spiro atoms. The zero-order valence-electron chi connectivity index (χ0n) is 19.2. The number of hydrazine groups is 1. The van der Waals surface area contributed by atoms with Crippen molar-refractivity contribution in [3.8, 4) is 0 Å². The number of carboxylic acids is 1. The Morgan fingerprint density at radius 2 is 2.08 bits per heavy atom. The highest BCUT2D eigenvalue weighted by atomic mass is 32.2. The first kappa shape index (κ1) is 28.7. The molecule has 1 aromatic rings. The van der Waals surface area contributed by atoms with Crippen molar-refractivity contribution >= 4 is 50.3 Å². The number of nitrogens with two attached hydrogens (primary N) is 4. The summed E-state index contributed by atoms with van der Waals surface area (Å²) in [5, 5.41) is 17.5. The molecule has 1 aromatic heterocycles. The summed E-state index contributed by atoms with van der Waals surface area (Å²) in [5.74, 6) is 2.21. The van der Waals surface area contributed by atoms with Crippen LogP contribution in [0.15, 0.2) is 22.4 Å². The molecule has 200 valence electrons. The molecule has 2 unspecified atom stereocenters. The molecule has 1 fully saturated rings. The molecule has 19 heteroatoms. The van der Waals surface area contributed by atoms with E-state index in [4.69, 9.17) is 27.9 Å².